The number of aromatic nitrogens is 3. The summed E-state index contributed by atoms with van der Waals surface area (Å²) in [5, 5.41) is 0. The first kappa shape index (κ1) is 27.8. The standard InChI is InChI=1S/C34H33N3O4S/c1-40-34(38)26-14-12-25(13-15-26)23-37-30-22-32(42(39)28-16-18-35-19-17-28)31(41-27-10-6-3-7-11-27)21-29(30)36-33(37)20-24-8-4-2-5-9-24/h2,4-5,8-9,12-19,21-22,27H,3,6-7,10-11,20,23H2,1H3. The van der Waals surface area contributed by atoms with Crippen LogP contribution in [0.4, 0.5) is 0 Å². The van der Waals surface area contributed by atoms with Crippen molar-refractivity contribution in [2.75, 3.05) is 7.11 Å². The maximum absolute atomic E-state index is 14.0. The Kier molecular flexibility index (Phi) is 8.42. The van der Waals surface area contributed by atoms with Crippen molar-refractivity contribution >= 4 is 27.8 Å². The summed E-state index contributed by atoms with van der Waals surface area (Å²) in [5.74, 6) is 1.15. The molecule has 1 fully saturated rings. The molecule has 2 aromatic heterocycles. The van der Waals surface area contributed by atoms with Crippen LogP contribution >= 0.6 is 0 Å². The molecule has 0 bridgehead atoms. The summed E-state index contributed by atoms with van der Waals surface area (Å²) >= 11 is 0. The van der Waals surface area contributed by atoms with Gasteiger partial charge in [-0.3, -0.25) is 4.98 Å². The van der Waals surface area contributed by atoms with Gasteiger partial charge >= 0.3 is 5.97 Å². The topological polar surface area (TPSA) is 83.3 Å². The second kappa shape index (κ2) is 12.7. The van der Waals surface area contributed by atoms with Gasteiger partial charge in [0.2, 0.25) is 0 Å². The van der Waals surface area contributed by atoms with Crippen molar-refractivity contribution in [3.8, 4) is 5.75 Å². The van der Waals surface area contributed by atoms with Crippen LogP contribution in [0.5, 0.6) is 5.75 Å². The minimum atomic E-state index is -1.47. The van der Waals surface area contributed by atoms with Crippen molar-refractivity contribution in [3.05, 3.63) is 114 Å². The minimum absolute atomic E-state index is 0.101. The van der Waals surface area contributed by atoms with Gasteiger partial charge in [0.15, 0.2) is 0 Å². The Morgan fingerprint density at radius 3 is 2.38 bits per heavy atom. The molecule has 0 saturated heterocycles. The van der Waals surface area contributed by atoms with Crippen molar-refractivity contribution < 1.29 is 18.5 Å². The second-order valence-electron chi connectivity index (χ2n) is 10.6. The molecule has 214 valence electrons. The van der Waals surface area contributed by atoms with E-state index in [4.69, 9.17) is 14.5 Å². The van der Waals surface area contributed by atoms with Gasteiger partial charge in [-0.1, -0.05) is 48.9 Å². The highest BCUT2D eigenvalue weighted by atomic mass is 32.2. The first-order valence-electron chi connectivity index (χ1n) is 14.3. The van der Waals surface area contributed by atoms with Crippen LogP contribution < -0.4 is 4.74 Å². The molecular formula is C34H33N3O4S. The first-order chi connectivity index (χ1) is 20.6. The lowest BCUT2D eigenvalue weighted by atomic mass is 9.98. The maximum Gasteiger partial charge on any atom is 0.337 e. The minimum Gasteiger partial charge on any atom is -0.489 e. The van der Waals surface area contributed by atoms with Gasteiger partial charge in [0.05, 0.1) is 45.5 Å². The quantitative estimate of drug-likeness (QED) is 0.180. The highest BCUT2D eigenvalue weighted by Gasteiger charge is 2.23. The Bertz CT molecular complexity index is 1700. The van der Waals surface area contributed by atoms with Gasteiger partial charge in [-0.05, 0) is 67.1 Å². The fourth-order valence-corrected chi connectivity index (χ4v) is 6.64. The number of hydrogen-bond acceptors (Lipinski definition) is 6. The van der Waals surface area contributed by atoms with E-state index in [1.807, 2.05) is 42.5 Å². The van der Waals surface area contributed by atoms with E-state index in [1.165, 1.54) is 13.5 Å². The number of pyridine rings is 1. The van der Waals surface area contributed by atoms with Gasteiger partial charge in [0, 0.05) is 36.3 Å². The van der Waals surface area contributed by atoms with E-state index < -0.39 is 10.8 Å². The third kappa shape index (κ3) is 6.14. The number of nitrogens with zero attached hydrogens (tertiary/aromatic N) is 3. The lowest BCUT2D eigenvalue weighted by Crippen LogP contribution is -2.20. The largest absolute Gasteiger partial charge is 0.489 e. The van der Waals surface area contributed by atoms with Gasteiger partial charge < -0.3 is 14.0 Å². The molecule has 8 heteroatoms. The molecule has 1 saturated carbocycles. The number of hydrogen-bond donors (Lipinski definition) is 0. The van der Waals surface area contributed by atoms with E-state index >= 15 is 0 Å². The monoisotopic (exact) mass is 579 g/mol. The Hall–Kier alpha value is -4.30. The SMILES string of the molecule is COC(=O)c1ccc(Cn2c(Cc3ccccc3)nc3cc(OC4CCCCC4)c(S(=O)c4ccncc4)cc32)cc1. The number of ether oxygens (including phenoxy) is 2. The predicted octanol–water partition coefficient (Wildman–Crippen LogP) is 6.74. The number of esters is 1. The Labute approximate surface area is 248 Å². The van der Waals surface area contributed by atoms with Crippen LogP contribution in [0.3, 0.4) is 0 Å². The van der Waals surface area contributed by atoms with Crippen molar-refractivity contribution in [1.82, 2.24) is 14.5 Å². The van der Waals surface area contributed by atoms with Crippen LogP contribution in [0.1, 0.15) is 59.4 Å². The zero-order valence-electron chi connectivity index (χ0n) is 23.6. The molecule has 0 radical (unpaired) electrons. The molecule has 5 aromatic rings. The molecule has 3 aromatic carbocycles. The van der Waals surface area contributed by atoms with E-state index in [2.05, 4.69) is 21.7 Å². The summed E-state index contributed by atoms with van der Waals surface area (Å²) in [4.78, 5) is 22.5. The van der Waals surface area contributed by atoms with Crippen molar-refractivity contribution in [2.45, 2.75) is 61.0 Å². The van der Waals surface area contributed by atoms with Gasteiger partial charge in [-0.2, -0.15) is 0 Å². The molecule has 0 aliphatic heterocycles. The number of methoxy groups -OCH3 is 1. The highest BCUT2D eigenvalue weighted by Crippen LogP contribution is 2.35. The molecule has 1 aliphatic rings. The van der Waals surface area contributed by atoms with Crippen molar-refractivity contribution in [1.29, 1.82) is 0 Å². The molecule has 7 nitrogen and oxygen atoms in total. The Morgan fingerprint density at radius 2 is 1.67 bits per heavy atom. The normalized spacial score (nSPS) is 14.5. The summed E-state index contributed by atoms with van der Waals surface area (Å²) in [6.07, 6.45) is 9.55. The molecule has 0 amide bonds. The van der Waals surface area contributed by atoms with E-state index in [-0.39, 0.29) is 12.1 Å². The molecule has 0 spiro atoms. The van der Waals surface area contributed by atoms with Gasteiger partial charge in [0.25, 0.3) is 0 Å². The lowest BCUT2D eigenvalue weighted by molar-refractivity contribution is 0.0600. The van der Waals surface area contributed by atoms with Gasteiger partial charge in [0.1, 0.15) is 11.6 Å². The molecule has 2 heterocycles. The van der Waals surface area contributed by atoms with Crippen LogP contribution in [-0.2, 0) is 28.5 Å². The van der Waals surface area contributed by atoms with Crippen LogP contribution in [-0.4, -0.2) is 37.9 Å². The fourth-order valence-electron chi connectivity index (χ4n) is 5.51. The number of benzene rings is 3. The van der Waals surface area contributed by atoms with E-state index in [0.717, 1.165) is 53.7 Å². The van der Waals surface area contributed by atoms with E-state index in [1.54, 1.807) is 36.7 Å². The zero-order chi connectivity index (χ0) is 28.9. The third-order valence-electron chi connectivity index (χ3n) is 7.72. The van der Waals surface area contributed by atoms with E-state index in [9.17, 15) is 9.00 Å². The number of carbonyl (C=O) groups excluding carboxylic acids is 1. The van der Waals surface area contributed by atoms with Gasteiger partial charge in [-0.25, -0.2) is 14.0 Å². The summed E-state index contributed by atoms with van der Waals surface area (Å²) in [7, 11) is -0.0907. The van der Waals surface area contributed by atoms with Crippen LogP contribution in [0, 0.1) is 0 Å². The third-order valence-corrected chi connectivity index (χ3v) is 9.14. The number of fused-ring (bicyclic) bond motifs is 1. The van der Waals surface area contributed by atoms with Crippen molar-refractivity contribution in [2.24, 2.45) is 0 Å². The lowest BCUT2D eigenvalue weighted by Gasteiger charge is -2.24. The molecule has 0 N–H and O–H groups in total. The van der Waals surface area contributed by atoms with Gasteiger partial charge in [-0.15, -0.1) is 0 Å². The highest BCUT2D eigenvalue weighted by molar-refractivity contribution is 7.85. The molecular weight excluding hydrogens is 546 g/mol. The van der Waals surface area contributed by atoms with Crippen LogP contribution in [0.15, 0.2) is 101 Å². The molecule has 1 unspecified atom stereocenters. The number of imidazole rings is 1. The number of rotatable bonds is 9. The smallest absolute Gasteiger partial charge is 0.337 e. The fraction of sp³-hybridized carbons (Fsp3) is 0.265. The number of carbonyl (C=O) groups is 1. The average molecular weight is 580 g/mol. The summed E-state index contributed by atoms with van der Waals surface area (Å²) < 4.78 is 27.6. The van der Waals surface area contributed by atoms with Crippen LogP contribution in [0.25, 0.3) is 11.0 Å². The van der Waals surface area contributed by atoms with Crippen molar-refractivity contribution in [3.63, 3.8) is 0 Å². The summed E-state index contributed by atoms with van der Waals surface area (Å²) in [6.45, 7) is 0.532. The second-order valence-corrected chi connectivity index (χ2v) is 12.0. The zero-order valence-corrected chi connectivity index (χ0v) is 24.4. The summed E-state index contributed by atoms with van der Waals surface area (Å²) in [5.41, 5.74) is 4.34. The predicted molar refractivity (Wildman–Crippen MR) is 162 cm³/mol. The molecule has 6 rings (SSSR count). The Morgan fingerprint density at radius 1 is 0.929 bits per heavy atom. The Balaban J connectivity index is 1.46. The maximum atomic E-state index is 14.0. The van der Waals surface area contributed by atoms with Crippen LogP contribution in [0.2, 0.25) is 0 Å². The average Bonchev–Trinajstić information content (AvgIpc) is 3.36. The molecule has 1 atom stereocenters. The molecule has 42 heavy (non-hydrogen) atoms. The summed E-state index contributed by atoms with van der Waals surface area (Å²) in [6, 6.07) is 25.2. The first-order valence-corrected chi connectivity index (χ1v) is 15.5. The molecule has 1 aliphatic carbocycles. The van der Waals surface area contributed by atoms with E-state index in [0.29, 0.717) is 34.1 Å².